The monoisotopic (exact) mass is 492 g/mol. The fraction of sp³-hybridized carbons (Fsp3) is 0.600. The van der Waals surface area contributed by atoms with Crippen LogP contribution in [0, 0.1) is 0 Å². The highest BCUT2D eigenvalue weighted by molar-refractivity contribution is 6.01. The molecule has 6 heteroatoms. The summed E-state index contributed by atoms with van der Waals surface area (Å²) in [5.74, 6) is 0.0637. The Labute approximate surface area is 214 Å². The number of fused-ring (bicyclic) bond motifs is 1. The second kappa shape index (κ2) is 9.79. The average molecular weight is 493 g/mol. The maximum Gasteiger partial charge on any atom is 0.257 e. The number of hydrogen-bond acceptors (Lipinski definition) is 4. The SMILES string of the molecule is CCCCC1(O)C2=C(C=CCC2)C(=O)N1C1CC1.CCCCC1(O)c2ccccc2C(=O)N1C1CC1. The van der Waals surface area contributed by atoms with Crippen molar-refractivity contribution < 1.29 is 19.8 Å². The van der Waals surface area contributed by atoms with Crippen molar-refractivity contribution in [3.8, 4) is 0 Å². The van der Waals surface area contributed by atoms with Gasteiger partial charge in [0.15, 0.2) is 11.4 Å². The third kappa shape index (κ3) is 4.22. The van der Waals surface area contributed by atoms with E-state index >= 15 is 0 Å². The van der Waals surface area contributed by atoms with Crippen LogP contribution >= 0.6 is 0 Å². The Morgan fingerprint density at radius 1 is 0.861 bits per heavy atom. The van der Waals surface area contributed by atoms with Crippen LogP contribution in [0.15, 0.2) is 47.6 Å². The molecule has 194 valence electrons. The van der Waals surface area contributed by atoms with Crippen LogP contribution < -0.4 is 0 Å². The summed E-state index contributed by atoms with van der Waals surface area (Å²) in [6.45, 7) is 4.23. The van der Waals surface area contributed by atoms with Crippen molar-refractivity contribution in [2.45, 2.75) is 114 Å². The smallest absolute Gasteiger partial charge is 0.257 e. The van der Waals surface area contributed by atoms with E-state index in [0.29, 0.717) is 18.4 Å². The standard InChI is InChI=1S/C15H21NO2.C15H19NO2/c2*1-2-3-10-15(18)13-7-5-4-6-12(13)14(17)16(15)11-8-9-11/h4,6,11,18H,2-3,5,7-10H2,1H3;4-7,11,18H,2-3,8-10H2,1H3. The first-order valence-electron chi connectivity index (χ1n) is 14.0. The molecule has 6 nitrogen and oxygen atoms in total. The Bertz CT molecular complexity index is 1090. The molecule has 2 heterocycles. The number of rotatable bonds is 8. The van der Waals surface area contributed by atoms with Gasteiger partial charge < -0.3 is 20.0 Å². The van der Waals surface area contributed by atoms with Gasteiger partial charge in [-0.05, 0) is 75.8 Å². The van der Waals surface area contributed by atoms with Gasteiger partial charge >= 0.3 is 0 Å². The van der Waals surface area contributed by atoms with Crippen LogP contribution in [0.1, 0.15) is 107 Å². The molecular formula is C30H40N2O4. The third-order valence-electron chi connectivity index (χ3n) is 8.29. The van der Waals surface area contributed by atoms with Gasteiger partial charge in [0, 0.05) is 28.8 Å². The number of allylic oxidation sites excluding steroid dienone is 1. The summed E-state index contributed by atoms with van der Waals surface area (Å²) in [7, 11) is 0. The number of carbonyl (C=O) groups is 2. The lowest BCUT2D eigenvalue weighted by Crippen LogP contribution is -2.49. The Hall–Kier alpha value is -2.44. The number of unbranched alkanes of at least 4 members (excludes halogenated alkanes) is 2. The molecule has 0 bridgehead atoms. The first-order chi connectivity index (χ1) is 17.4. The van der Waals surface area contributed by atoms with E-state index in [1.54, 1.807) is 9.80 Å². The fourth-order valence-electron chi connectivity index (χ4n) is 6.14. The summed E-state index contributed by atoms with van der Waals surface area (Å²) in [4.78, 5) is 28.4. The van der Waals surface area contributed by atoms with Crippen molar-refractivity contribution in [1.82, 2.24) is 9.80 Å². The molecule has 0 spiro atoms. The van der Waals surface area contributed by atoms with Gasteiger partial charge in [0.25, 0.3) is 11.8 Å². The molecule has 2 aliphatic heterocycles. The van der Waals surface area contributed by atoms with Crippen molar-refractivity contribution in [3.63, 3.8) is 0 Å². The molecule has 2 N–H and O–H groups in total. The predicted octanol–water partition coefficient (Wildman–Crippen LogP) is 5.16. The molecule has 3 aliphatic carbocycles. The van der Waals surface area contributed by atoms with Crippen molar-refractivity contribution in [1.29, 1.82) is 0 Å². The quantitative estimate of drug-likeness (QED) is 0.525. The molecule has 1 aromatic carbocycles. The van der Waals surface area contributed by atoms with Crippen molar-refractivity contribution in [2.24, 2.45) is 0 Å². The van der Waals surface area contributed by atoms with E-state index in [1.807, 2.05) is 36.4 Å². The van der Waals surface area contributed by atoms with Crippen LogP contribution in [-0.2, 0) is 10.5 Å². The van der Waals surface area contributed by atoms with Crippen LogP contribution in [0.4, 0.5) is 0 Å². The summed E-state index contributed by atoms with van der Waals surface area (Å²) < 4.78 is 0. The van der Waals surface area contributed by atoms with Crippen LogP contribution in [-0.4, -0.2) is 49.6 Å². The minimum Gasteiger partial charge on any atom is -0.367 e. The topological polar surface area (TPSA) is 81.1 Å². The lowest BCUT2D eigenvalue weighted by Gasteiger charge is -2.36. The fourth-order valence-corrected chi connectivity index (χ4v) is 6.14. The van der Waals surface area contributed by atoms with E-state index in [9.17, 15) is 19.8 Å². The number of aliphatic hydroxyl groups is 2. The largest absolute Gasteiger partial charge is 0.367 e. The zero-order valence-electron chi connectivity index (χ0n) is 21.7. The van der Waals surface area contributed by atoms with Crippen molar-refractivity contribution in [3.05, 3.63) is 58.7 Å². The molecule has 0 aromatic heterocycles. The van der Waals surface area contributed by atoms with Crippen molar-refractivity contribution in [2.75, 3.05) is 0 Å². The number of carbonyl (C=O) groups excluding carboxylic acids is 2. The molecule has 2 atom stereocenters. The van der Waals surface area contributed by atoms with Crippen LogP contribution in [0.2, 0.25) is 0 Å². The Morgan fingerprint density at radius 3 is 2.06 bits per heavy atom. The molecule has 2 amide bonds. The second-order valence-corrected chi connectivity index (χ2v) is 11.0. The van der Waals surface area contributed by atoms with E-state index < -0.39 is 11.4 Å². The third-order valence-corrected chi connectivity index (χ3v) is 8.29. The van der Waals surface area contributed by atoms with Crippen molar-refractivity contribution >= 4 is 11.8 Å². The maximum absolute atomic E-state index is 12.5. The van der Waals surface area contributed by atoms with E-state index in [2.05, 4.69) is 13.8 Å². The highest BCUT2D eigenvalue weighted by atomic mass is 16.3. The molecule has 36 heavy (non-hydrogen) atoms. The molecule has 2 saturated carbocycles. The summed E-state index contributed by atoms with van der Waals surface area (Å²) in [6, 6.07) is 8.01. The van der Waals surface area contributed by atoms with E-state index in [1.165, 1.54) is 0 Å². The number of nitrogens with zero attached hydrogens (tertiary/aromatic N) is 2. The van der Waals surface area contributed by atoms with Gasteiger partial charge in [-0.2, -0.15) is 0 Å². The summed E-state index contributed by atoms with van der Waals surface area (Å²) in [6.07, 6.45) is 15.2. The first kappa shape index (κ1) is 25.2. The molecule has 2 fully saturated rings. The Morgan fingerprint density at radius 2 is 1.44 bits per heavy atom. The molecule has 5 aliphatic rings. The van der Waals surface area contributed by atoms with E-state index in [-0.39, 0.29) is 23.9 Å². The molecule has 0 saturated heterocycles. The molecule has 1 aromatic rings. The summed E-state index contributed by atoms with van der Waals surface area (Å²) >= 11 is 0. The number of hydrogen-bond donors (Lipinski definition) is 2. The van der Waals surface area contributed by atoms with Crippen LogP contribution in [0.3, 0.4) is 0 Å². The normalized spacial score (nSPS) is 28.9. The zero-order chi connectivity index (χ0) is 25.5. The van der Waals surface area contributed by atoms with Gasteiger partial charge in [-0.3, -0.25) is 9.59 Å². The second-order valence-electron chi connectivity index (χ2n) is 11.0. The molecular weight excluding hydrogens is 452 g/mol. The van der Waals surface area contributed by atoms with Gasteiger partial charge in [-0.1, -0.05) is 57.0 Å². The molecule has 2 unspecified atom stereocenters. The highest BCUT2D eigenvalue weighted by Crippen LogP contribution is 2.48. The Balaban J connectivity index is 0.000000148. The Kier molecular flexibility index (Phi) is 6.86. The van der Waals surface area contributed by atoms with E-state index in [0.717, 1.165) is 80.9 Å². The van der Waals surface area contributed by atoms with E-state index in [4.69, 9.17) is 0 Å². The lowest BCUT2D eigenvalue weighted by molar-refractivity contribution is -0.145. The minimum atomic E-state index is -1.06. The maximum atomic E-state index is 12.5. The zero-order valence-corrected chi connectivity index (χ0v) is 21.7. The van der Waals surface area contributed by atoms with Gasteiger partial charge in [0.2, 0.25) is 0 Å². The summed E-state index contributed by atoms with van der Waals surface area (Å²) in [5, 5.41) is 22.1. The van der Waals surface area contributed by atoms with Gasteiger partial charge in [-0.15, -0.1) is 0 Å². The number of amides is 2. The molecule has 0 radical (unpaired) electrons. The first-order valence-corrected chi connectivity index (χ1v) is 14.0. The highest BCUT2D eigenvalue weighted by Gasteiger charge is 2.54. The van der Waals surface area contributed by atoms with Crippen LogP contribution in [0.25, 0.3) is 0 Å². The average Bonchev–Trinajstić information content (AvgIpc) is 3.83. The van der Waals surface area contributed by atoms with Gasteiger partial charge in [0.05, 0.1) is 0 Å². The van der Waals surface area contributed by atoms with Gasteiger partial charge in [0.1, 0.15) is 0 Å². The lowest BCUT2D eigenvalue weighted by atomic mass is 9.89. The predicted molar refractivity (Wildman–Crippen MR) is 139 cm³/mol. The number of benzene rings is 1. The van der Waals surface area contributed by atoms with Crippen LogP contribution in [0.5, 0.6) is 0 Å². The van der Waals surface area contributed by atoms with Gasteiger partial charge in [-0.25, -0.2) is 0 Å². The summed E-state index contributed by atoms with van der Waals surface area (Å²) in [5.41, 5.74) is 1.19. The molecule has 6 rings (SSSR count). The minimum absolute atomic E-state index is 0.00621.